The number of carbonyl (C=O) groups excluding carboxylic acids is 2. The van der Waals surface area contributed by atoms with Gasteiger partial charge in [0.1, 0.15) is 23.6 Å². The molecule has 0 saturated carbocycles. The van der Waals surface area contributed by atoms with Crippen molar-refractivity contribution in [3.63, 3.8) is 0 Å². The molecule has 5 rings (SSSR count). The number of hydrogen-bond donors (Lipinski definition) is 1. The molecule has 2 aromatic carbocycles. The zero-order chi connectivity index (χ0) is 25.8. The number of halogens is 1. The average Bonchev–Trinajstić information content (AvgIpc) is 3.66. The zero-order valence-electron chi connectivity index (χ0n) is 20.5. The molecule has 10 heteroatoms. The highest BCUT2D eigenvalue weighted by atomic mass is 35.5. The number of amides is 2. The maximum atomic E-state index is 13.9. The van der Waals surface area contributed by atoms with Crippen molar-refractivity contribution in [2.24, 2.45) is 0 Å². The van der Waals surface area contributed by atoms with Gasteiger partial charge in [0.05, 0.1) is 11.6 Å². The number of rotatable bonds is 9. The molecule has 37 heavy (non-hydrogen) atoms. The topological polar surface area (TPSA) is 102 Å². The fraction of sp³-hybridized carbons (Fsp3) is 0.333. The predicted octanol–water partition coefficient (Wildman–Crippen LogP) is 4.05. The van der Waals surface area contributed by atoms with Gasteiger partial charge >= 0.3 is 0 Å². The monoisotopic (exact) mass is 521 g/mol. The highest BCUT2D eigenvalue weighted by molar-refractivity contribution is 6.31. The largest absolute Gasteiger partial charge is 0.464 e. The zero-order valence-corrected chi connectivity index (χ0v) is 21.2. The summed E-state index contributed by atoms with van der Waals surface area (Å²) in [5.41, 5.74) is 2.11. The van der Waals surface area contributed by atoms with Crippen molar-refractivity contribution in [2.45, 2.75) is 45.0 Å². The molecule has 3 heterocycles. The number of furan rings is 1. The van der Waals surface area contributed by atoms with E-state index in [1.165, 1.54) is 9.58 Å². The Labute approximate surface area is 219 Å². The fourth-order valence-corrected chi connectivity index (χ4v) is 4.72. The standard InChI is InChI=1S/C27H28ClN5O4/c1-18-12-13-24(37-18)26(27(35)29-15-20-8-6-14-36-20)32(16-19-7-2-3-9-21(19)28)25(34)17-33-23-11-5-4-10-22(23)30-31-33/h2-5,7,9-13,20,26H,6,8,14-17H2,1H3,(H,29,35)/t20-,26-/m1/s1. The lowest BCUT2D eigenvalue weighted by Gasteiger charge is -2.30. The number of aryl methyl sites for hydroxylation is 1. The van der Waals surface area contributed by atoms with Crippen LogP contribution in [0.2, 0.25) is 5.02 Å². The number of fused-ring (bicyclic) bond motifs is 1. The first-order chi connectivity index (χ1) is 18.0. The molecule has 2 amide bonds. The molecule has 0 spiro atoms. The van der Waals surface area contributed by atoms with Gasteiger partial charge in [0.2, 0.25) is 5.91 Å². The summed E-state index contributed by atoms with van der Waals surface area (Å²) in [6.07, 6.45) is 1.80. The number of benzene rings is 2. The van der Waals surface area contributed by atoms with E-state index in [9.17, 15) is 9.59 Å². The number of carbonyl (C=O) groups is 2. The van der Waals surface area contributed by atoms with Crippen molar-refractivity contribution in [1.29, 1.82) is 0 Å². The Balaban J connectivity index is 1.49. The minimum absolute atomic E-state index is 0.0443. The number of para-hydroxylation sites is 1. The third kappa shape index (κ3) is 5.68. The quantitative estimate of drug-likeness (QED) is 0.356. The van der Waals surface area contributed by atoms with E-state index in [0.717, 1.165) is 18.4 Å². The van der Waals surface area contributed by atoms with E-state index in [4.69, 9.17) is 20.8 Å². The number of nitrogens with one attached hydrogen (secondary N) is 1. The van der Waals surface area contributed by atoms with E-state index in [2.05, 4.69) is 15.6 Å². The van der Waals surface area contributed by atoms with Crippen molar-refractivity contribution < 1.29 is 18.7 Å². The summed E-state index contributed by atoms with van der Waals surface area (Å²) < 4.78 is 13.1. The van der Waals surface area contributed by atoms with Crippen LogP contribution in [0.25, 0.3) is 11.0 Å². The Hall–Kier alpha value is -3.69. The molecule has 2 atom stereocenters. The summed E-state index contributed by atoms with van der Waals surface area (Å²) in [6.45, 7) is 2.83. The summed E-state index contributed by atoms with van der Waals surface area (Å²) in [7, 11) is 0. The molecule has 9 nitrogen and oxygen atoms in total. The third-order valence-corrected chi connectivity index (χ3v) is 6.81. The van der Waals surface area contributed by atoms with Crippen molar-refractivity contribution in [3.8, 4) is 0 Å². The average molecular weight is 522 g/mol. The molecular formula is C27H28ClN5O4. The smallest absolute Gasteiger partial charge is 0.250 e. The van der Waals surface area contributed by atoms with Crippen molar-refractivity contribution in [3.05, 3.63) is 82.8 Å². The van der Waals surface area contributed by atoms with E-state index in [-0.39, 0.29) is 31.0 Å². The van der Waals surface area contributed by atoms with E-state index in [0.29, 0.717) is 40.8 Å². The molecule has 0 aliphatic carbocycles. The Morgan fingerprint density at radius 2 is 1.97 bits per heavy atom. The second-order valence-electron chi connectivity index (χ2n) is 9.08. The van der Waals surface area contributed by atoms with Crippen molar-refractivity contribution in [1.82, 2.24) is 25.2 Å². The lowest BCUT2D eigenvalue weighted by molar-refractivity contribution is -0.143. The van der Waals surface area contributed by atoms with Crippen LogP contribution in [0.1, 0.15) is 36.0 Å². The van der Waals surface area contributed by atoms with Crippen LogP contribution >= 0.6 is 11.6 Å². The lowest BCUT2D eigenvalue weighted by atomic mass is 10.1. The molecular weight excluding hydrogens is 494 g/mol. The van der Waals surface area contributed by atoms with Crippen LogP contribution in [-0.4, -0.2) is 51.0 Å². The van der Waals surface area contributed by atoms with Gasteiger partial charge in [0.25, 0.3) is 5.91 Å². The maximum absolute atomic E-state index is 13.9. The van der Waals surface area contributed by atoms with Crippen molar-refractivity contribution >= 4 is 34.4 Å². The van der Waals surface area contributed by atoms with Gasteiger partial charge in [-0.1, -0.05) is 47.1 Å². The molecule has 4 aromatic rings. The highest BCUT2D eigenvalue weighted by Crippen LogP contribution is 2.28. The van der Waals surface area contributed by atoms with Crippen LogP contribution in [0, 0.1) is 6.92 Å². The Morgan fingerprint density at radius 3 is 2.73 bits per heavy atom. The third-order valence-electron chi connectivity index (χ3n) is 6.44. The first-order valence-electron chi connectivity index (χ1n) is 12.3. The van der Waals surface area contributed by atoms with Crippen LogP contribution in [0.15, 0.2) is 65.1 Å². The summed E-state index contributed by atoms with van der Waals surface area (Å²) in [4.78, 5) is 29.0. The normalized spacial score (nSPS) is 16.1. The molecule has 0 unspecified atom stereocenters. The molecule has 1 aliphatic rings. The van der Waals surface area contributed by atoms with Crippen LogP contribution in [0.3, 0.4) is 0 Å². The fourth-order valence-electron chi connectivity index (χ4n) is 4.53. The van der Waals surface area contributed by atoms with Gasteiger partial charge in [0, 0.05) is 24.7 Å². The molecule has 1 aliphatic heterocycles. The summed E-state index contributed by atoms with van der Waals surface area (Å²) in [5.74, 6) is 0.320. The summed E-state index contributed by atoms with van der Waals surface area (Å²) in [5, 5.41) is 11.8. The van der Waals surface area contributed by atoms with Gasteiger partial charge in [-0.3, -0.25) is 9.59 Å². The van der Waals surface area contributed by atoms with E-state index >= 15 is 0 Å². The Bertz CT molecular complexity index is 1390. The van der Waals surface area contributed by atoms with Crippen LogP contribution in [0.5, 0.6) is 0 Å². The SMILES string of the molecule is Cc1ccc([C@H](C(=O)NC[C@H]2CCCO2)N(Cc2ccccc2Cl)C(=O)Cn2nnc3ccccc32)o1. The van der Waals surface area contributed by atoms with Gasteiger partial charge in [0.15, 0.2) is 6.04 Å². The van der Waals surface area contributed by atoms with Crippen LogP contribution < -0.4 is 5.32 Å². The van der Waals surface area contributed by atoms with E-state index in [1.54, 1.807) is 25.1 Å². The van der Waals surface area contributed by atoms with E-state index in [1.807, 2.05) is 42.5 Å². The molecule has 192 valence electrons. The Kier molecular flexibility index (Phi) is 7.52. The molecule has 1 fully saturated rings. The van der Waals surface area contributed by atoms with E-state index < -0.39 is 6.04 Å². The summed E-state index contributed by atoms with van der Waals surface area (Å²) in [6, 6.07) is 17.1. The number of aromatic nitrogens is 3. The first kappa shape index (κ1) is 25.0. The van der Waals surface area contributed by atoms with Gasteiger partial charge in [-0.15, -0.1) is 5.10 Å². The van der Waals surface area contributed by atoms with Crippen LogP contribution in [0.4, 0.5) is 0 Å². The summed E-state index contributed by atoms with van der Waals surface area (Å²) >= 11 is 6.47. The number of hydrogen-bond acceptors (Lipinski definition) is 6. The van der Waals surface area contributed by atoms with Gasteiger partial charge in [-0.05, 0) is 55.7 Å². The minimum Gasteiger partial charge on any atom is -0.464 e. The van der Waals surface area contributed by atoms with Crippen LogP contribution in [-0.2, 0) is 27.4 Å². The Morgan fingerprint density at radius 1 is 1.16 bits per heavy atom. The number of ether oxygens (including phenoxy) is 1. The van der Waals surface area contributed by atoms with Gasteiger partial charge in [-0.2, -0.15) is 0 Å². The molecule has 1 N–H and O–H groups in total. The highest BCUT2D eigenvalue weighted by Gasteiger charge is 2.35. The minimum atomic E-state index is -1.02. The second-order valence-corrected chi connectivity index (χ2v) is 9.49. The molecule has 0 bridgehead atoms. The molecule has 0 radical (unpaired) electrons. The molecule has 2 aromatic heterocycles. The maximum Gasteiger partial charge on any atom is 0.250 e. The predicted molar refractivity (Wildman–Crippen MR) is 138 cm³/mol. The van der Waals surface area contributed by atoms with Crippen molar-refractivity contribution in [2.75, 3.05) is 13.2 Å². The second kappa shape index (κ2) is 11.1. The molecule has 1 saturated heterocycles. The lowest BCUT2D eigenvalue weighted by Crippen LogP contribution is -2.46. The van der Waals surface area contributed by atoms with Gasteiger partial charge in [-0.25, -0.2) is 4.68 Å². The number of nitrogens with zero attached hydrogens (tertiary/aromatic N) is 4. The first-order valence-corrected chi connectivity index (χ1v) is 12.6. The van der Waals surface area contributed by atoms with Gasteiger partial charge < -0.3 is 19.4 Å².